The largest absolute Gasteiger partial charge is 0.484 e. The van der Waals surface area contributed by atoms with Crippen molar-refractivity contribution < 1.29 is 4.74 Å². The van der Waals surface area contributed by atoms with Gasteiger partial charge in [-0.1, -0.05) is 39.7 Å². The molecule has 0 aliphatic carbocycles. The van der Waals surface area contributed by atoms with Gasteiger partial charge in [0.2, 0.25) is 0 Å². The van der Waals surface area contributed by atoms with Crippen LogP contribution < -0.4 is 10.5 Å². The molecule has 1 unspecified atom stereocenters. The zero-order chi connectivity index (χ0) is 13.8. The van der Waals surface area contributed by atoms with Gasteiger partial charge in [0.15, 0.2) is 0 Å². The zero-order valence-corrected chi connectivity index (χ0v) is 12.9. The van der Waals surface area contributed by atoms with Crippen LogP contribution in [0.5, 0.6) is 5.75 Å². The maximum Gasteiger partial charge on any atom is 0.136 e. The molecule has 0 saturated heterocycles. The zero-order valence-electron chi connectivity index (χ0n) is 10.6. The first-order chi connectivity index (χ1) is 9.10. The standard InChI is InChI=1S/C15H15BrClNO/c1-10-8-13(17)6-7-14(10)19-15(9-18)11-2-4-12(16)5-3-11/h2-8,15H,9,18H2,1H3. The van der Waals surface area contributed by atoms with Crippen molar-refractivity contribution in [3.63, 3.8) is 0 Å². The lowest BCUT2D eigenvalue weighted by atomic mass is 10.1. The van der Waals surface area contributed by atoms with Crippen LogP contribution in [-0.4, -0.2) is 6.54 Å². The number of rotatable bonds is 4. The predicted octanol–water partition coefficient (Wildman–Crippen LogP) is 4.49. The van der Waals surface area contributed by atoms with Gasteiger partial charge in [-0.25, -0.2) is 0 Å². The summed E-state index contributed by atoms with van der Waals surface area (Å²) < 4.78 is 7.01. The Morgan fingerprint density at radius 2 is 1.89 bits per heavy atom. The van der Waals surface area contributed by atoms with E-state index in [1.807, 2.05) is 49.4 Å². The molecule has 100 valence electrons. The molecule has 0 fully saturated rings. The van der Waals surface area contributed by atoms with Crippen molar-refractivity contribution in [2.24, 2.45) is 5.73 Å². The van der Waals surface area contributed by atoms with E-state index >= 15 is 0 Å². The van der Waals surface area contributed by atoms with E-state index in [0.717, 1.165) is 21.3 Å². The molecule has 0 aliphatic rings. The number of benzene rings is 2. The Morgan fingerprint density at radius 1 is 1.21 bits per heavy atom. The average molecular weight is 341 g/mol. The van der Waals surface area contributed by atoms with E-state index in [9.17, 15) is 0 Å². The Labute approximate surface area is 126 Å². The number of halogens is 2. The molecule has 1 atom stereocenters. The first kappa shape index (κ1) is 14.4. The van der Waals surface area contributed by atoms with Gasteiger partial charge in [-0.2, -0.15) is 0 Å². The summed E-state index contributed by atoms with van der Waals surface area (Å²) in [5.41, 5.74) is 7.87. The smallest absolute Gasteiger partial charge is 0.136 e. The second-order valence-electron chi connectivity index (χ2n) is 4.30. The van der Waals surface area contributed by atoms with Crippen LogP contribution in [0, 0.1) is 6.92 Å². The third-order valence-electron chi connectivity index (χ3n) is 2.86. The minimum Gasteiger partial charge on any atom is -0.484 e. The van der Waals surface area contributed by atoms with Gasteiger partial charge in [-0.3, -0.25) is 0 Å². The summed E-state index contributed by atoms with van der Waals surface area (Å²) in [6.45, 7) is 2.39. The van der Waals surface area contributed by atoms with Gasteiger partial charge in [0.05, 0.1) is 0 Å². The highest BCUT2D eigenvalue weighted by atomic mass is 79.9. The van der Waals surface area contributed by atoms with E-state index in [0.29, 0.717) is 11.6 Å². The maximum absolute atomic E-state index is 5.98. The summed E-state index contributed by atoms with van der Waals surface area (Å²) in [6, 6.07) is 13.6. The summed E-state index contributed by atoms with van der Waals surface area (Å²) in [7, 11) is 0. The molecule has 0 radical (unpaired) electrons. The third-order valence-corrected chi connectivity index (χ3v) is 3.63. The molecule has 0 spiro atoms. The van der Waals surface area contributed by atoms with Crippen LogP contribution in [0.25, 0.3) is 0 Å². The lowest BCUT2D eigenvalue weighted by molar-refractivity contribution is 0.213. The van der Waals surface area contributed by atoms with Gasteiger partial charge in [0, 0.05) is 16.0 Å². The molecule has 0 aromatic heterocycles. The van der Waals surface area contributed by atoms with E-state index in [-0.39, 0.29) is 6.10 Å². The van der Waals surface area contributed by atoms with Gasteiger partial charge >= 0.3 is 0 Å². The van der Waals surface area contributed by atoms with E-state index in [4.69, 9.17) is 22.1 Å². The fourth-order valence-corrected chi connectivity index (χ4v) is 2.32. The van der Waals surface area contributed by atoms with Crippen molar-refractivity contribution in [1.82, 2.24) is 0 Å². The second-order valence-corrected chi connectivity index (χ2v) is 5.66. The SMILES string of the molecule is Cc1cc(Cl)ccc1OC(CN)c1ccc(Br)cc1. The lowest BCUT2D eigenvalue weighted by Gasteiger charge is -2.19. The van der Waals surface area contributed by atoms with Crippen molar-refractivity contribution in [3.8, 4) is 5.75 Å². The Balaban J connectivity index is 2.21. The van der Waals surface area contributed by atoms with E-state index in [1.165, 1.54) is 0 Å². The Morgan fingerprint density at radius 3 is 2.47 bits per heavy atom. The van der Waals surface area contributed by atoms with Gasteiger partial charge in [0.25, 0.3) is 0 Å². The molecule has 0 heterocycles. The van der Waals surface area contributed by atoms with Crippen LogP contribution in [0.15, 0.2) is 46.9 Å². The summed E-state index contributed by atoms with van der Waals surface area (Å²) >= 11 is 9.35. The van der Waals surface area contributed by atoms with E-state index in [1.54, 1.807) is 0 Å². The molecule has 2 nitrogen and oxygen atoms in total. The Kier molecular flexibility index (Phi) is 4.86. The van der Waals surface area contributed by atoms with Gasteiger partial charge < -0.3 is 10.5 Å². The molecule has 2 N–H and O–H groups in total. The average Bonchev–Trinajstić information content (AvgIpc) is 2.39. The normalized spacial score (nSPS) is 12.2. The first-order valence-electron chi connectivity index (χ1n) is 5.98. The molecule has 19 heavy (non-hydrogen) atoms. The minimum absolute atomic E-state index is 0.159. The van der Waals surface area contributed by atoms with Crippen LogP contribution in [0.3, 0.4) is 0 Å². The van der Waals surface area contributed by atoms with Gasteiger partial charge in [0.1, 0.15) is 11.9 Å². The van der Waals surface area contributed by atoms with Crippen LogP contribution in [0.4, 0.5) is 0 Å². The third kappa shape index (κ3) is 3.72. The highest BCUT2D eigenvalue weighted by molar-refractivity contribution is 9.10. The van der Waals surface area contributed by atoms with Crippen LogP contribution >= 0.6 is 27.5 Å². The first-order valence-corrected chi connectivity index (χ1v) is 7.15. The molecule has 4 heteroatoms. The summed E-state index contributed by atoms with van der Waals surface area (Å²) in [5, 5.41) is 0.706. The topological polar surface area (TPSA) is 35.2 Å². The molecule has 2 aromatic rings. The Hall–Kier alpha value is -1.03. The summed E-state index contributed by atoms with van der Waals surface area (Å²) in [6.07, 6.45) is -0.159. The fourth-order valence-electron chi connectivity index (χ4n) is 1.83. The second kappa shape index (κ2) is 6.42. The van der Waals surface area contributed by atoms with Crippen molar-refractivity contribution in [2.75, 3.05) is 6.54 Å². The van der Waals surface area contributed by atoms with E-state index < -0.39 is 0 Å². The van der Waals surface area contributed by atoms with Gasteiger partial charge in [-0.05, 0) is 48.4 Å². The summed E-state index contributed by atoms with van der Waals surface area (Å²) in [4.78, 5) is 0. The van der Waals surface area contributed by atoms with Crippen LogP contribution in [0.1, 0.15) is 17.2 Å². The fraction of sp³-hybridized carbons (Fsp3) is 0.200. The maximum atomic E-state index is 5.98. The number of hydrogen-bond acceptors (Lipinski definition) is 2. The highest BCUT2D eigenvalue weighted by Gasteiger charge is 2.12. The van der Waals surface area contributed by atoms with Crippen LogP contribution in [-0.2, 0) is 0 Å². The molecular weight excluding hydrogens is 326 g/mol. The summed E-state index contributed by atoms with van der Waals surface area (Å²) in [5.74, 6) is 0.808. The molecule has 0 amide bonds. The number of nitrogens with two attached hydrogens (primary N) is 1. The van der Waals surface area contributed by atoms with Crippen LogP contribution in [0.2, 0.25) is 5.02 Å². The molecule has 0 bridgehead atoms. The quantitative estimate of drug-likeness (QED) is 0.890. The molecule has 2 rings (SSSR count). The van der Waals surface area contributed by atoms with Crippen molar-refractivity contribution in [2.45, 2.75) is 13.0 Å². The number of hydrogen-bond donors (Lipinski definition) is 1. The van der Waals surface area contributed by atoms with E-state index in [2.05, 4.69) is 15.9 Å². The van der Waals surface area contributed by atoms with Crippen molar-refractivity contribution in [3.05, 3.63) is 63.1 Å². The monoisotopic (exact) mass is 339 g/mol. The molecular formula is C15H15BrClNO. The molecule has 2 aromatic carbocycles. The number of aryl methyl sites for hydroxylation is 1. The number of ether oxygens (including phenoxy) is 1. The predicted molar refractivity (Wildman–Crippen MR) is 82.8 cm³/mol. The Bertz CT molecular complexity index is 557. The van der Waals surface area contributed by atoms with Crippen molar-refractivity contribution >= 4 is 27.5 Å². The minimum atomic E-state index is -0.159. The van der Waals surface area contributed by atoms with Gasteiger partial charge in [-0.15, -0.1) is 0 Å². The lowest BCUT2D eigenvalue weighted by Crippen LogP contribution is -2.18. The molecule has 0 aliphatic heterocycles. The molecule has 0 saturated carbocycles. The van der Waals surface area contributed by atoms with Crippen molar-refractivity contribution in [1.29, 1.82) is 0 Å². The highest BCUT2D eigenvalue weighted by Crippen LogP contribution is 2.27.